The van der Waals surface area contributed by atoms with Crippen molar-refractivity contribution in [1.29, 1.82) is 0 Å². The fourth-order valence-electron chi connectivity index (χ4n) is 2.24. The number of esters is 1. The molecule has 0 aromatic carbocycles. The molecule has 0 N–H and O–H groups in total. The standard InChI is InChI=1S/C12H22O7/c1-7(13)18-12-11(17-5)10(16-4)9(15-3)8(19-12)6-14-2/h8-12H,6H2,1-5H3/t8-,9-,10+,11-,12?/m1/s1. The Morgan fingerprint density at radius 2 is 1.58 bits per heavy atom. The molecule has 1 aliphatic heterocycles. The Labute approximate surface area is 113 Å². The summed E-state index contributed by atoms with van der Waals surface area (Å²) >= 11 is 0. The fourth-order valence-corrected chi connectivity index (χ4v) is 2.24. The summed E-state index contributed by atoms with van der Waals surface area (Å²) in [7, 11) is 6.16. The maximum absolute atomic E-state index is 11.1. The second-order valence-electron chi connectivity index (χ2n) is 4.21. The van der Waals surface area contributed by atoms with Gasteiger partial charge in [-0.1, -0.05) is 0 Å². The highest BCUT2D eigenvalue weighted by Gasteiger charge is 2.48. The van der Waals surface area contributed by atoms with Crippen molar-refractivity contribution in [3.63, 3.8) is 0 Å². The molecule has 0 amide bonds. The highest BCUT2D eigenvalue weighted by atomic mass is 16.7. The van der Waals surface area contributed by atoms with Gasteiger partial charge in [-0.3, -0.25) is 4.79 Å². The van der Waals surface area contributed by atoms with Crippen LogP contribution in [0.3, 0.4) is 0 Å². The molecule has 1 unspecified atom stereocenters. The van der Waals surface area contributed by atoms with Gasteiger partial charge in [-0.15, -0.1) is 0 Å². The fraction of sp³-hybridized carbons (Fsp3) is 0.917. The van der Waals surface area contributed by atoms with Crippen LogP contribution in [0.4, 0.5) is 0 Å². The molecule has 0 aliphatic carbocycles. The molecule has 112 valence electrons. The van der Waals surface area contributed by atoms with Crippen molar-refractivity contribution in [2.24, 2.45) is 0 Å². The average Bonchev–Trinajstić information content (AvgIpc) is 2.37. The average molecular weight is 278 g/mol. The maximum Gasteiger partial charge on any atom is 0.305 e. The smallest absolute Gasteiger partial charge is 0.305 e. The molecular weight excluding hydrogens is 256 g/mol. The molecule has 1 saturated heterocycles. The summed E-state index contributed by atoms with van der Waals surface area (Å²) in [5, 5.41) is 0. The van der Waals surface area contributed by atoms with E-state index in [0.717, 1.165) is 0 Å². The second kappa shape index (κ2) is 7.76. The highest BCUT2D eigenvalue weighted by molar-refractivity contribution is 5.66. The lowest BCUT2D eigenvalue weighted by Gasteiger charge is -2.43. The number of rotatable bonds is 6. The van der Waals surface area contributed by atoms with E-state index in [0.29, 0.717) is 6.61 Å². The predicted molar refractivity (Wildman–Crippen MR) is 64.7 cm³/mol. The van der Waals surface area contributed by atoms with E-state index >= 15 is 0 Å². The molecule has 19 heavy (non-hydrogen) atoms. The van der Waals surface area contributed by atoms with Crippen molar-refractivity contribution in [3.8, 4) is 0 Å². The predicted octanol–water partition coefficient (Wildman–Crippen LogP) is -0.0342. The quantitative estimate of drug-likeness (QED) is 0.631. The zero-order chi connectivity index (χ0) is 14.4. The summed E-state index contributed by atoms with van der Waals surface area (Å²) in [6.07, 6.45) is -2.61. The summed E-state index contributed by atoms with van der Waals surface area (Å²) in [4.78, 5) is 11.1. The van der Waals surface area contributed by atoms with Crippen LogP contribution in [0.5, 0.6) is 0 Å². The van der Waals surface area contributed by atoms with Crippen molar-refractivity contribution >= 4 is 5.97 Å². The Bertz CT molecular complexity index is 283. The first-order valence-electron chi connectivity index (χ1n) is 5.99. The van der Waals surface area contributed by atoms with Crippen LogP contribution in [0.15, 0.2) is 0 Å². The van der Waals surface area contributed by atoms with E-state index in [1.807, 2.05) is 0 Å². The van der Waals surface area contributed by atoms with Crippen LogP contribution in [0.25, 0.3) is 0 Å². The van der Waals surface area contributed by atoms with Crippen molar-refractivity contribution in [2.75, 3.05) is 35.0 Å². The Hall–Kier alpha value is -0.730. The van der Waals surface area contributed by atoms with Crippen molar-refractivity contribution < 1.29 is 33.2 Å². The third-order valence-electron chi connectivity index (χ3n) is 3.02. The van der Waals surface area contributed by atoms with E-state index in [9.17, 15) is 4.79 Å². The molecule has 0 saturated carbocycles. The van der Waals surface area contributed by atoms with Crippen LogP contribution in [0, 0.1) is 0 Å². The van der Waals surface area contributed by atoms with Gasteiger partial charge in [-0.2, -0.15) is 0 Å². The number of hydrogen-bond donors (Lipinski definition) is 0. The van der Waals surface area contributed by atoms with Crippen molar-refractivity contribution in [3.05, 3.63) is 0 Å². The van der Waals surface area contributed by atoms with E-state index in [1.54, 1.807) is 21.3 Å². The first kappa shape index (κ1) is 16.3. The Morgan fingerprint density at radius 3 is 2.00 bits per heavy atom. The Balaban J connectivity index is 2.91. The van der Waals surface area contributed by atoms with Crippen LogP contribution in [0.2, 0.25) is 0 Å². The zero-order valence-corrected chi connectivity index (χ0v) is 12.0. The van der Waals surface area contributed by atoms with E-state index in [4.69, 9.17) is 28.4 Å². The summed E-state index contributed by atoms with van der Waals surface area (Å²) in [5.41, 5.74) is 0. The van der Waals surface area contributed by atoms with Gasteiger partial charge in [0.25, 0.3) is 0 Å². The van der Waals surface area contributed by atoms with Gasteiger partial charge in [0.15, 0.2) is 0 Å². The van der Waals surface area contributed by atoms with Gasteiger partial charge in [0.05, 0.1) is 6.61 Å². The summed E-state index contributed by atoms with van der Waals surface area (Å²) < 4.78 is 32.0. The molecule has 0 radical (unpaired) electrons. The van der Waals surface area contributed by atoms with Gasteiger partial charge >= 0.3 is 5.97 Å². The molecule has 0 aromatic rings. The van der Waals surface area contributed by atoms with Gasteiger partial charge in [0, 0.05) is 35.4 Å². The monoisotopic (exact) mass is 278 g/mol. The van der Waals surface area contributed by atoms with Gasteiger partial charge < -0.3 is 28.4 Å². The highest BCUT2D eigenvalue weighted by Crippen LogP contribution is 2.28. The molecule has 1 fully saturated rings. The third-order valence-corrected chi connectivity index (χ3v) is 3.02. The van der Waals surface area contributed by atoms with Crippen molar-refractivity contribution in [2.45, 2.75) is 37.6 Å². The molecule has 7 nitrogen and oxygen atoms in total. The Morgan fingerprint density at radius 1 is 1.00 bits per heavy atom. The molecule has 0 aromatic heterocycles. The normalized spacial score (nSPS) is 35.1. The summed E-state index contributed by atoms with van der Waals surface area (Å²) in [6, 6.07) is 0. The maximum atomic E-state index is 11.1. The van der Waals surface area contributed by atoms with Crippen LogP contribution in [-0.4, -0.2) is 71.7 Å². The van der Waals surface area contributed by atoms with Gasteiger partial charge in [0.2, 0.25) is 6.29 Å². The molecule has 1 rings (SSSR count). The van der Waals surface area contributed by atoms with Crippen LogP contribution in [-0.2, 0) is 33.2 Å². The number of methoxy groups -OCH3 is 4. The number of ether oxygens (including phenoxy) is 6. The zero-order valence-electron chi connectivity index (χ0n) is 12.0. The topological polar surface area (TPSA) is 72.5 Å². The van der Waals surface area contributed by atoms with Gasteiger partial charge in [0.1, 0.15) is 24.4 Å². The lowest BCUT2D eigenvalue weighted by atomic mass is 9.98. The van der Waals surface area contributed by atoms with Crippen LogP contribution >= 0.6 is 0 Å². The Kier molecular flexibility index (Phi) is 6.67. The number of carbonyl (C=O) groups is 1. The van der Waals surface area contributed by atoms with Gasteiger partial charge in [-0.05, 0) is 0 Å². The van der Waals surface area contributed by atoms with E-state index < -0.39 is 30.6 Å². The second-order valence-corrected chi connectivity index (χ2v) is 4.21. The first-order valence-corrected chi connectivity index (χ1v) is 5.99. The van der Waals surface area contributed by atoms with Crippen molar-refractivity contribution in [1.82, 2.24) is 0 Å². The summed E-state index contributed by atoms with van der Waals surface area (Å²) in [6.45, 7) is 1.61. The molecular formula is C12H22O7. The van der Waals surface area contributed by atoms with Crippen LogP contribution in [0.1, 0.15) is 6.92 Å². The SMILES string of the molecule is COC[C@H]1OC(OC(C)=O)[C@H](OC)[C@@H](OC)[C@@H]1OC. The molecule has 7 heteroatoms. The van der Waals surface area contributed by atoms with Crippen LogP contribution < -0.4 is 0 Å². The molecule has 0 bridgehead atoms. The first-order chi connectivity index (χ1) is 9.08. The number of carbonyl (C=O) groups excluding carboxylic acids is 1. The minimum atomic E-state index is -0.848. The van der Waals surface area contributed by atoms with E-state index in [-0.39, 0.29) is 6.10 Å². The van der Waals surface area contributed by atoms with Gasteiger partial charge in [-0.25, -0.2) is 0 Å². The molecule has 1 aliphatic rings. The minimum Gasteiger partial charge on any atom is -0.433 e. The minimum absolute atomic E-state index is 0.298. The van der Waals surface area contributed by atoms with E-state index in [1.165, 1.54) is 14.0 Å². The summed E-state index contributed by atoms with van der Waals surface area (Å²) in [5.74, 6) is -0.450. The van der Waals surface area contributed by atoms with E-state index in [2.05, 4.69) is 0 Å². The lowest BCUT2D eigenvalue weighted by Crippen LogP contribution is -2.61. The molecule has 5 atom stereocenters. The largest absolute Gasteiger partial charge is 0.433 e. The molecule has 1 heterocycles. The molecule has 0 spiro atoms. The third kappa shape index (κ3) is 3.87. The lowest BCUT2D eigenvalue weighted by molar-refractivity contribution is -0.304. The number of hydrogen-bond acceptors (Lipinski definition) is 7.